The number of nitrogens with zero attached hydrogens (tertiary/aromatic N) is 1. The van der Waals surface area contributed by atoms with Gasteiger partial charge in [0, 0.05) is 24.8 Å². The van der Waals surface area contributed by atoms with Gasteiger partial charge in [-0.15, -0.1) is 0 Å². The summed E-state index contributed by atoms with van der Waals surface area (Å²) in [6.07, 6.45) is 5.30. The van der Waals surface area contributed by atoms with Crippen LogP contribution in [-0.4, -0.2) is 17.4 Å². The second-order valence-electron chi connectivity index (χ2n) is 4.26. The van der Waals surface area contributed by atoms with Gasteiger partial charge in [-0.05, 0) is 18.6 Å². The topological polar surface area (TPSA) is 67.2 Å². The molecule has 0 saturated carbocycles. The largest absolute Gasteiger partial charge is 0.472 e. The summed E-state index contributed by atoms with van der Waals surface area (Å²) < 4.78 is 19.0. The normalized spacial score (nSPS) is 10.3. The molecule has 0 aliphatic heterocycles. The second-order valence-corrected chi connectivity index (χ2v) is 4.26. The third-order valence-corrected chi connectivity index (χ3v) is 2.71. The number of rotatable bonds is 6. The highest BCUT2D eigenvalue weighted by atomic mass is 19.1. The molecule has 0 bridgehead atoms. The molecule has 2 rings (SSSR count). The van der Waals surface area contributed by atoms with Gasteiger partial charge >= 0.3 is 0 Å². The SMILES string of the molecule is CCCNc1nccc(C(=O)NCc2ccoc2)c1F. The molecule has 6 heteroatoms. The molecule has 0 aliphatic rings. The lowest BCUT2D eigenvalue weighted by Gasteiger charge is -2.09. The molecule has 5 nitrogen and oxygen atoms in total. The Hall–Kier alpha value is -2.37. The zero-order chi connectivity index (χ0) is 14.4. The minimum Gasteiger partial charge on any atom is -0.472 e. The lowest BCUT2D eigenvalue weighted by atomic mass is 10.2. The highest BCUT2D eigenvalue weighted by Gasteiger charge is 2.15. The van der Waals surface area contributed by atoms with Crippen LogP contribution in [0.5, 0.6) is 0 Å². The summed E-state index contributed by atoms with van der Waals surface area (Å²) in [5, 5.41) is 5.48. The molecule has 0 aromatic carbocycles. The van der Waals surface area contributed by atoms with E-state index in [1.54, 1.807) is 6.07 Å². The molecule has 0 atom stereocenters. The Morgan fingerprint density at radius 2 is 2.30 bits per heavy atom. The molecule has 1 amide bonds. The van der Waals surface area contributed by atoms with Crippen molar-refractivity contribution >= 4 is 11.7 Å². The van der Waals surface area contributed by atoms with Crippen molar-refractivity contribution < 1.29 is 13.6 Å². The summed E-state index contributed by atoms with van der Waals surface area (Å²) in [5.41, 5.74) is 0.791. The predicted octanol–water partition coefficient (Wildman–Crippen LogP) is 2.57. The fourth-order valence-corrected chi connectivity index (χ4v) is 1.66. The van der Waals surface area contributed by atoms with E-state index in [1.807, 2.05) is 6.92 Å². The zero-order valence-corrected chi connectivity index (χ0v) is 11.1. The molecule has 0 radical (unpaired) electrons. The van der Waals surface area contributed by atoms with Crippen molar-refractivity contribution in [2.45, 2.75) is 19.9 Å². The molecular formula is C14H16FN3O2. The standard InChI is InChI=1S/C14H16FN3O2/c1-2-5-16-13-12(15)11(3-6-17-13)14(19)18-8-10-4-7-20-9-10/h3-4,6-7,9H,2,5,8H2,1H3,(H,16,17)(H,18,19). The van der Waals surface area contributed by atoms with Crippen LogP contribution in [0.3, 0.4) is 0 Å². The van der Waals surface area contributed by atoms with Crippen molar-refractivity contribution in [1.29, 1.82) is 0 Å². The summed E-state index contributed by atoms with van der Waals surface area (Å²) in [6, 6.07) is 3.09. The van der Waals surface area contributed by atoms with Crippen LogP contribution in [0.1, 0.15) is 29.3 Å². The fourth-order valence-electron chi connectivity index (χ4n) is 1.66. The molecule has 2 N–H and O–H groups in total. The number of pyridine rings is 1. The Balaban J connectivity index is 2.05. The number of amides is 1. The summed E-state index contributed by atoms with van der Waals surface area (Å²) in [7, 11) is 0. The van der Waals surface area contributed by atoms with E-state index in [-0.39, 0.29) is 17.9 Å². The molecule has 0 saturated heterocycles. The minimum atomic E-state index is -0.634. The summed E-state index contributed by atoms with van der Waals surface area (Å²) in [4.78, 5) is 15.8. The van der Waals surface area contributed by atoms with Gasteiger partial charge < -0.3 is 15.1 Å². The number of nitrogens with one attached hydrogen (secondary N) is 2. The van der Waals surface area contributed by atoms with Gasteiger partial charge in [0.25, 0.3) is 5.91 Å². The number of hydrogen-bond acceptors (Lipinski definition) is 4. The third kappa shape index (κ3) is 3.34. The zero-order valence-electron chi connectivity index (χ0n) is 11.1. The van der Waals surface area contributed by atoms with Crippen LogP contribution in [-0.2, 0) is 6.54 Å². The minimum absolute atomic E-state index is 0.0258. The van der Waals surface area contributed by atoms with Crippen molar-refractivity contribution in [3.05, 3.63) is 47.8 Å². The van der Waals surface area contributed by atoms with E-state index in [9.17, 15) is 9.18 Å². The molecule has 0 fully saturated rings. The van der Waals surface area contributed by atoms with Gasteiger partial charge in [0.1, 0.15) is 0 Å². The number of furan rings is 1. The van der Waals surface area contributed by atoms with E-state index in [1.165, 1.54) is 24.8 Å². The van der Waals surface area contributed by atoms with E-state index in [0.29, 0.717) is 6.54 Å². The summed E-state index contributed by atoms with van der Waals surface area (Å²) >= 11 is 0. The maximum absolute atomic E-state index is 14.1. The van der Waals surface area contributed by atoms with Crippen LogP contribution < -0.4 is 10.6 Å². The van der Waals surface area contributed by atoms with Gasteiger partial charge in [-0.2, -0.15) is 0 Å². The predicted molar refractivity (Wildman–Crippen MR) is 72.9 cm³/mol. The van der Waals surface area contributed by atoms with Crippen LogP contribution in [0, 0.1) is 5.82 Å². The van der Waals surface area contributed by atoms with Crippen LogP contribution in [0.25, 0.3) is 0 Å². The Morgan fingerprint density at radius 1 is 1.45 bits per heavy atom. The van der Waals surface area contributed by atoms with Crippen molar-refractivity contribution in [2.75, 3.05) is 11.9 Å². The molecule has 2 aromatic heterocycles. The van der Waals surface area contributed by atoms with Crippen LogP contribution in [0.4, 0.5) is 10.2 Å². The molecule has 2 aromatic rings. The maximum atomic E-state index is 14.1. The van der Waals surface area contributed by atoms with Gasteiger partial charge in [-0.1, -0.05) is 6.92 Å². The molecule has 106 valence electrons. The Morgan fingerprint density at radius 3 is 3.00 bits per heavy atom. The van der Waals surface area contributed by atoms with Gasteiger partial charge in [0.15, 0.2) is 11.6 Å². The molecule has 0 spiro atoms. The van der Waals surface area contributed by atoms with E-state index in [0.717, 1.165) is 12.0 Å². The highest BCUT2D eigenvalue weighted by molar-refractivity contribution is 5.95. The Kier molecular flexibility index (Phi) is 4.70. The summed E-state index contributed by atoms with van der Waals surface area (Å²) in [5.74, 6) is -1.01. The number of carbonyl (C=O) groups excluding carboxylic acids is 1. The number of carbonyl (C=O) groups is 1. The lowest BCUT2D eigenvalue weighted by molar-refractivity contribution is 0.0947. The van der Waals surface area contributed by atoms with Crippen LogP contribution in [0.15, 0.2) is 35.3 Å². The third-order valence-electron chi connectivity index (χ3n) is 2.71. The van der Waals surface area contributed by atoms with Gasteiger partial charge in [-0.25, -0.2) is 9.37 Å². The lowest BCUT2D eigenvalue weighted by Crippen LogP contribution is -2.24. The molecular weight excluding hydrogens is 261 g/mol. The van der Waals surface area contributed by atoms with Crippen molar-refractivity contribution in [3.63, 3.8) is 0 Å². The first-order valence-corrected chi connectivity index (χ1v) is 6.40. The van der Waals surface area contributed by atoms with E-state index in [4.69, 9.17) is 4.42 Å². The fraction of sp³-hybridized carbons (Fsp3) is 0.286. The number of aromatic nitrogens is 1. The number of halogens is 1. The first-order chi connectivity index (χ1) is 9.72. The highest BCUT2D eigenvalue weighted by Crippen LogP contribution is 2.15. The van der Waals surface area contributed by atoms with E-state index >= 15 is 0 Å². The molecule has 2 heterocycles. The molecule has 0 unspecified atom stereocenters. The number of hydrogen-bond donors (Lipinski definition) is 2. The maximum Gasteiger partial charge on any atom is 0.254 e. The first kappa shape index (κ1) is 14.0. The first-order valence-electron chi connectivity index (χ1n) is 6.40. The van der Waals surface area contributed by atoms with E-state index < -0.39 is 11.7 Å². The molecule has 0 aliphatic carbocycles. The average molecular weight is 277 g/mol. The second kappa shape index (κ2) is 6.70. The monoisotopic (exact) mass is 277 g/mol. The van der Waals surface area contributed by atoms with Crippen molar-refractivity contribution in [2.24, 2.45) is 0 Å². The molecule has 20 heavy (non-hydrogen) atoms. The van der Waals surface area contributed by atoms with Crippen LogP contribution >= 0.6 is 0 Å². The summed E-state index contributed by atoms with van der Waals surface area (Å²) in [6.45, 7) is 2.85. The number of anilines is 1. The van der Waals surface area contributed by atoms with Crippen molar-refractivity contribution in [1.82, 2.24) is 10.3 Å². The van der Waals surface area contributed by atoms with Gasteiger partial charge in [0.2, 0.25) is 0 Å². The van der Waals surface area contributed by atoms with E-state index in [2.05, 4.69) is 15.6 Å². The van der Waals surface area contributed by atoms with Gasteiger partial charge in [-0.3, -0.25) is 4.79 Å². The van der Waals surface area contributed by atoms with Crippen molar-refractivity contribution in [3.8, 4) is 0 Å². The Bertz CT molecular complexity index is 570. The van der Waals surface area contributed by atoms with Crippen LogP contribution in [0.2, 0.25) is 0 Å². The quantitative estimate of drug-likeness (QED) is 0.851. The Labute approximate surface area is 116 Å². The van der Waals surface area contributed by atoms with Gasteiger partial charge in [0.05, 0.1) is 18.1 Å². The smallest absolute Gasteiger partial charge is 0.254 e. The average Bonchev–Trinajstić information content (AvgIpc) is 2.97.